The molecule has 0 fully saturated rings. The number of hydrogen-bond acceptors (Lipinski definition) is 4. The fourth-order valence-corrected chi connectivity index (χ4v) is 4.40. The minimum Gasteiger partial charge on any atom is -0.487 e. The van der Waals surface area contributed by atoms with Gasteiger partial charge in [-0.25, -0.2) is 9.48 Å². The summed E-state index contributed by atoms with van der Waals surface area (Å²) in [5.41, 5.74) is 3.80. The van der Waals surface area contributed by atoms with Crippen LogP contribution in [0.5, 0.6) is 5.75 Å². The Morgan fingerprint density at radius 3 is 2.39 bits per heavy atom. The fraction of sp³-hybridized carbons (Fsp3) is 0.148. The quantitative estimate of drug-likeness (QED) is 0.230. The van der Waals surface area contributed by atoms with Gasteiger partial charge in [-0.15, -0.1) is 5.10 Å². The second kappa shape index (κ2) is 11.2. The van der Waals surface area contributed by atoms with Crippen LogP contribution in [0.2, 0.25) is 15.1 Å². The van der Waals surface area contributed by atoms with Gasteiger partial charge in [-0.3, -0.25) is 0 Å². The van der Waals surface area contributed by atoms with Crippen molar-refractivity contribution in [3.8, 4) is 11.4 Å². The summed E-state index contributed by atoms with van der Waals surface area (Å²) >= 11 is 19.3. The van der Waals surface area contributed by atoms with E-state index in [4.69, 9.17) is 44.6 Å². The first kappa shape index (κ1) is 25.8. The molecule has 1 aromatic heterocycles. The van der Waals surface area contributed by atoms with Gasteiger partial charge in [-0.1, -0.05) is 84.2 Å². The van der Waals surface area contributed by atoms with Crippen LogP contribution in [0, 0.1) is 0 Å². The summed E-state index contributed by atoms with van der Waals surface area (Å²) in [6.07, 6.45) is 3.63. The van der Waals surface area contributed by atoms with E-state index in [1.54, 1.807) is 53.2 Å². The second-order valence-electron chi connectivity index (χ2n) is 8.29. The van der Waals surface area contributed by atoms with Crippen LogP contribution in [0.25, 0.3) is 17.8 Å². The third-order valence-corrected chi connectivity index (χ3v) is 6.36. The molecule has 4 aromatic rings. The first-order valence-corrected chi connectivity index (χ1v) is 12.2. The van der Waals surface area contributed by atoms with Gasteiger partial charge in [0.05, 0.1) is 26.3 Å². The number of nitrogens with zero attached hydrogens (tertiary/aromatic N) is 3. The predicted octanol–water partition coefficient (Wildman–Crippen LogP) is 7.80. The van der Waals surface area contributed by atoms with Crippen molar-refractivity contribution in [2.45, 2.75) is 26.4 Å². The maximum absolute atomic E-state index is 11.2. The van der Waals surface area contributed by atoms with E-state index >= 15 is 0 Å². The summed E-state index contributed by atoms with van der Waals surface area (Å²) in [4.78, 5) is 11.2. The summed E-state index contributed by atoms with van der Waals surface area (Å²) in [7, 11) is 0. The molecule has 0 saturated heterocycles. The van der Waals surface area contributed by atoms with Crippen molar-refractivity contribution >= 4 is 52.9 Å². The zero-order valence-corrected chi connectivity index (χ0v) is 21.7. The van der Waals surface area contributed by atoms with Crippen molar-refractivity contribution in [2.24, 2.45) is 0 Å². The predicted molar refractivity (Wildman–Crippen MR) is 144 cm³/mol. The molecule has 36 heavy (non-hydrogen) atoms. The molecule has 0 amide bonds. The highest BCUT2D eigenvalue weighted by molar-refractivity contribution is 6.37. The van der Waals surface area contributed by atoms with Gasteiger partial charge in [0.25, 0.3) is 0 Å². The molecule has 0 unspecified atom stereocenters. The van der Waals surface area contributed by atoms with Gasteiger partial charge in [0.1, 0.15) is 23.7 Å². The molecule has 0 spiro atoms. The van der Waals surface area contributed by atoms with Crippen molar-refractivity contribution in [3.05, 3.63) is 104 Å². The summed E-state index contributed by atoms with van der Waals surface area (Å²) in [5, 5.41) is 19.2. The lowest BCUT2D eigenvalue weighted by molar-refractivity contribution is 0.0697. The Balaban J connectivity index is 1.55. The third-order valence-electron chi connectivity index (χ3n) is 5.43. The average molecular weight is 543 g/mol. The SMILES string of the molecule is CC(C)c1nnn(-c2c(Cl)cccc2Cl)c1COc1ccc(/C=C/c2cccc(C(=O)O)c2)c(Cl)c1. The Labute approximate surface area is 223 Å². The van der Waals surface area contributed by atoms with Crippen LogP contribution in [-0.2, 0) is 6.61 Å². The van der Waals surface area contributed by atoms with E-state index in [-0.39, 0.29) is 18.1 Å². The monoisotopic (exact) mass is 541 g/mol. The Morgan fingerprint density at radius 1 is 1.00 bits per heavy atom. The van der Waals surface area contributed by atoms with E-state index in [1.165, 1.54) is 0 Å². The van der Waals surface area contributed by atoms with Crippen molar-refractivity contribution < 1.29 is 14.6 Å². The van der Waals surface area contributed by atoms with Crippen LogP contribution < -0.4 is 4.74 Å². The number of ether oxygens (including phenoxy) is 1. The van der Waals surface area contributed by atoms with E-state index in [1.807, 2.05) is 38.1 Å². The van der Waals surface area contributed by atoms with Crippen LogP contribution in [0.1, 0.15) is 52.6 Å². The highest BCUT2D eigenvalue weighted by Gasteiger charge is 2.21. The summed E-state index contributed by atoms with van der Waals surface area (Å²) < 4.78 is 7.68. The molecule has 0 aliphatic rings. The molecule has 0 radical (unpaired) electrons. The molecular weight excluding hydrogens is 521 g/mol. The van der Waals surface area contributed by atoms with E-state index in [2.05, 4.69) is 10.3 Å². The number of aromatic nitrogens is 3. The number of carbonyl (C=O) groups is 1. The molecule has 6 nitrogen and oxygen atoms in total. The van der Waals surface area contributed by atoms with Gasteiger partial charge in [-0.2, -0.15) is 0 Å². The first-order valence-electron chi connectivity index (χ1n) is 11.1. The lowest BCUT2D eigenvalue weighted by atomic mass is 10.1. The number of carboxylic acid groups (broad SMARTS) is 1. The first-order chi connectivity index (χ1) is 17.2. The Morgan fingerprint density at radius 2 is 1.72 bits per heavy atom. The van der Waals surface area contributed by atoms with E-state index < -0.39 is 5.97 Å². The standard InChI is InChI=1S/C27H22Cl3N3O3/c1-16(2)25-24(33(32-31-25)26-21(28)7-4-8-22(26)29)15-36-20-12-11-18(23(30)14-20)10-9-17-5-3-6-19(13-17)27(34)35/h3-14,16H,15H2,1-2H3,(H,34,35)/b10-9+. The number of para-hydroxylation sites is 1. The summed E-state index contributed by atoms with van der Waals surface area (Å²) in [6, 6.07) is 17.3. The molecule has 0 aliphatic carbocycles. The maximum Gasteiger partial charge on any atom is 0.335 e. The number of rotatable bonds is 8. The molecule has 3 aromatic carbocycles. The van der Waals surface area contributed by atoms with Gasteiger partial charge in [0, 0.05) is 0 Å². The topological polar surface area (TPSA) is 77.2 Å². The van der Waals surface area contributed by atoms with Crippen molar-refractivity contribution in [2.75, 3.05) is 0 Å². The lowest BCUT2D eigenvalue weighted by Gasteiger charge is -2.13. The Kier molecular flexibility index (Phi) is 7.99. The van der Waals surface area contributed by atoms with Gasteiger partial charge in [0.2, 0.25) is 0 Å². The van der Waals surface area contributed by atoms with Crippen molar-refractivity contribution in [1.29, 1.82) is 0 Å². The lowest BCUT2D eigenvalue weighted by Crippen LogP contribution is -2.09. The molecule has 0 saturated carbocycles. The van der Waals surface area contributed by atoms with Crippen LogP contribution >= 0.6 is 34.8 Å². The van der Waals surface area contributed by atoms with Crippen LogP contribution in [0.4, 0.5) is 0 Å². The van der Waals surface area contributed by atoms with E-state index in [0.717, 1.165) is 22.5 Å². The number of halogens is 3. The van der Waals surface area contributed by atoms with Crippen LogP contribution in [0.15, 0.2) is 60.7 Å². The summed E-state index contributed by atoms with van der Waals surface area (Å²) in [6.45, 7) is 4.22. The molecule has 1 heterocycles. The number of benzene rings is 3. The van der Waals surface area contributed by atoms with Gasteiger partial charge >= 0.3 is 5.97 Å². The molecule has 1 N–H and O–H groups in total. The zero-order chi connectivity index (χ0) is 25.8. The molecular formula is C27H22Cl3N3O3. The highest BCUT2D eigenvalue weighted by Crippen LogP contribution is 2.31. The van der Waals surface area contributed by atoms with E-state index in [9.17, 15) is 4.79 Å². The third kappa shape index (κ3) is 5.73. The molecule has 9 heteroatoms. The highest BCUT2D eigenvalue weighted by atomic mass is 35.5. The fourth-order valence-electron chi connectivity index (χ4n) is 3.61. The average Bonchev–Trinajstić information content (AvgIpc) is 3.26. The van der Waals surface area contributed by atoms with E-state index in [0.29, 0.717) is 26.5 Å². The van der Waals surface area contributed by atoms with Gasteiger partial charge in [0.15, 0.2) is 0 Å². The van der Waals surface area contributed by atoms with Crippen molar-refractivity contribution in [3.63, 3.8) is 0 Å². The number of hydrogen-bond donors (Lipinski definition) is 1. The molecule has 0 aliphatic heterocycles. The van der Waals surface area contributed by atoms with Crippen LogP contribution in [0.3, 0.4) is 0 Å². The molecule has 0 atom stereocenters. The minimum absolute atomic E-state index is 0.106. The summed E-state index contributed by atoms with van der Waals surface area (Å²) in [5.74, 6) is -0.300. The van der Waals surface area contributed by atoms with Gasteiger partial charge < -0.3 is 9.84 Å². The smallest absolute Gasteiger partial charge is 0.335 e. The number of aromatic carboxylic acids is 1. The number of carboxylic acids is 1. The molecule has 0 bridgehead atoms. The molecule has 4 rings (SSSR count). The van der Waals surface area contributed by atoms with Crippen LogP contribution in [-0.4, -0.2) is 26.1 Å². The van der Waals surface area contributed by atoms with Crippen molar-refractivity contribution in [1.82, 2.24) is 15.0 Å². The zero-order valence-electron chi connectivity index (χ0n) is 19.5. The minimum atomic E-state index is -0.973. The normalized spacial score (nSPS) is 11.4. The largest absolute Gasteiger partial charge is 0.487 e. The Bertz CT molecular complexity index is 1430. The second-order valence-corrected chi connectivity index (χ2v) is 9.52. The molecule has 184 valence electrons. The Hall–Kier alpha value is -3.32. The van der Waals surface area contributed by atoms with Gasteiger partial charge in [-0.05, 0) is 59.5 Å². The maximum atomic E-state index is 11.2.